The number of carbonyl (C=O) groups excluding carboxylic acids is 1. The molecule has 11 nitrogen and oxygen atoms in total. The van der Waals surface area contributed by atoms with Gasteiger partial charge in [0.15, 0.2) is 0 Å². The zero-order valence-electron chi connectivity index (χ0n) is 31.3. The number of aliphatic carboxylic acids is 1. The van der Waals surface area contributed by atoms with Crippen LogP contribution in [-0.2, 0) is 29.2 Å². The number of aromatic nitrogens is 3. The van der Waals surface area contributed by atoms with E-state index in [1.807, 2.05) is 71.5 Å². The van der Waals surface area contributed by atoms with Gasteiger partial charge in [-0.3, -0.25) is 19.2 Å². The van der Waals surface area contributed by atoms with Gasteiger partial charge in [-0.15, -0.1) is 0 Å². The Balaban J connectivity index is 1.09. The Morgan fingerprint density at radius 3 is 2.45 bits per heavy atom. The number of rotatable bonds is 14. The van der Waals surface area contributed by atoms with E-state index in [-0.39, 0.29) is 17.9 Å². The van der Waals surface area contributed by atoms with Crippen molar-refractivity contribution in [1.82, 2.24) is 30.3 Å². The number of pyridine rings is 1. The number of carbonyl (C=O) groups is 2. The van der Waals surface area contributed by atoms with Crippen LogP contribution in [0.1, 0.15) is 55.2 Å². The summed E-state index contributed by atoms with van der Waals surface area (Å²) in [6.45, 7) is 2.32. The number of methoxy groups -OCH3 is 2. The average molecular weight is 786 g/mol. The first-order valence-corrected chi connectivity index (χ1v) is 19.4. The van der Waals surface area contributed by atoms with Crippen LogP contribution >= 0.6 is 23.2 Å². The summed E-state index contributed by atoms with van der Waals surface area (Å²) in [4.78, 5) is 30.1. The lowest BCUT2D eigenvalue weighted by atomic mass is 9.85. The van der Waals surface area contributed by atoms with Crippen LogP contribution in [0.15, 0.2) is 66.9 Å². The summed E-state index contributed by atoms with van der Waals surface area (Å²) in [6.07, 6.45) is 6.37. The predicted molar refractivity (Wildman–Crippen MR) is 215 cm³/mol. The summed E-state index contributed by atoms with van der Waals surface area (Å²) in [5.74, 6) is 0.423. The molecule has 1 aliphatic carbocycles. The summed E-state index contributed by atoms with van der Waals surface area (Å²) < 4.78 is 13.5. The van der Waals surface area contributed by atoms with E-state index in [0.717, 1.165) is 69.3 Å². The molecule has 3 aromatic carbocycles. The molecule has 0 unspecified atom stereocenters. The molecule has 0 spiro atoms. The first-order valence-electron chi connectivity index (χ1n) is 18.7. The van der Waals surface area contributed by atoms with Crippen LogP contribution < -0.4 is 20.1 Å². The zero-order valence-corrected chi connectivity index (χ0v) is 32.8. The molecule has 0 radical (unpaired) electrons. The second kappa shape index (κ2) is 17.0. The maximum Gasteiger partial charge on any atom is 0.306 e. The summed E-state index contributed by atoms with van der Waals surface area (Å²) >= 11 is 14.1. The van der Waals surface area contributed by atoms with Crippen LogP contribution in [0.4, 0.5) is 0 Å². The van der Waals surface area contributed by atoms with Gasteiger partial charge in [-0.1, -0.05) is 59.6 Å². The topological polar surface area (TPSA) is 131 Å². The standard InChI is InChI=1S/C42H46Cl2N6O5/c1-49(30-14-10-25(11-15-30)42(52)53)23-28-18-35(43)27(19-38(28)54-2)24-50-37-9-5-6-31(34(37)22-46-50)32-7-4-8-33(40(32)44)36-16-12-26(41(48-36)55-3)20-45-21-29-13-17-39(51)47-29/h4-9,12,16,18-19,22,25,29-30,45H,10-11,13-15,17,20-21,23-24H2,1-3H3,(H,47,51)(H,52,53)/t25-,29-,30-/m0/s1. The molecule has 2 aromatic heterocycles. The van der Waals surface area contributed by atoms with E-state index < -0.39 is 5.97 Å². The van der Waals surface area contributed by atoms with Crippen molar-refractivity contribution in [2.45, 2.75) is 70.2 Å². The molecule has 288 valence electrons. The van der Waals surface area contributed by atoms with E-state index in [4.69, 9.17) is 42.8 Å². The van der Waals surface area contributed by atoms with Crippen LogP contribution in [0, 0.1) is 5.92 Å². The molecule has 2 fully saturated rings. The molecule has 1 atom stereocenters. The first kappa shape index (κ1) is 38.6. The number of nitrogens with zero attached hydrogens (tertiary/aromatic N) is 4. The highest BCUT2D eigenvalue weighted by Gasteiger charge is 2.28. The number of fused-ring (bicyclic) bond motifs is 1. The Morgan fingerprint density at radius 2 is 1.73 bits per heavy atom. The van der Waals surface area contributed by atoms with Gasteiger partial charge in [-0.2, -0.15) is 5.10 Å². The van der Waals surface area contributed by atoms with Gasteiger partial charge in [0, 0.05) is 70.8 Å². The smallest absolute Gasteiger partial charge is 0.306 e. The van der Waals surface area contributed by atoms with Crippen molar-refractivity contribution in [2.24, 2.45) is 5.92 Å². The van der Waals surface area contributed by atoms with Gasteiger partial charge in [-0.05, 0) is 74.5 Å². The summed E-state index contributed by atoms with van der Waals surface area (Å²) in [5, 5.41) is 22.7. The van der Waals surface area contributed by atoms with E-state index >= 15 is 0 Å². The molecular weight excluding hydrogens is 739 g/mol. The highest BCUT2D eigenvalue weighted by Crippen LogP contribution is 2.40. The minimum atomic E-state index is -0.695. The second-order valence-corrected chi connectivity index (χ2v) is 15.3. The summed E-state index contributed by atoms with van der Waals surface area (Å²) in [5.41, 5.74) is 7.00. The SMILES string of the molecule is COc1cc(Cn2ncc3c(-c4cccc(-c5ccc(CNC[C@@H]6CCC(=O)N6)c(OC)n5)c4Cl)cccc32)c(Cl)cc1CN(C)[C@H]1CC[C@H](C(=O)O)CC1. The number of hydrogen-bond donors (Lipinski definition) is 3. The Kier molecular flexibility index (Phi) is 11.9. The van der Waals surface area contributed by atoms with Gasteiger partial charge in [-0.25, -0.2) is 4.98 Å². The van der Waals surface area contributed by atoms with Crippen LogP contribution in [0.2, 0.25) is 10.0 Å². The van der Waals surface area contributed by atoms with Crippen LogP contribution in [0.3, 0.4) is 0 Å². The fraction of sp³-hybridized carbons (Fsp3) is 0.381. The van der Waals surface area contributed by atoms with E-state index in [1.165, 1.54) is 0 Å². The maximum atomic E-state index is 11.5. The monoisotopic (exact) mass is 784 g/mol. The Hall–Kier alpha value is -4.68. The third kappa shape index (κ3) is 8.45. The highest BCUT2D eigenvalue weighted by atomic mass is 35.5. The molecule has 2 aliphatic rings. The fourth-order valence-corrected chi connectivity index (χ4v) is 8.51. The molecule has 1 saturated heterocycles. The molecule has 1 amide bonds. The molecule has 7 rings (SSSR count). The molecule has 13 heteroatoms. The van der Waals surface area contributed by atoms with Gasteiger partial charge in [0.25, 0.3) is 0 Å². The van der Waals surface area contributed by atoms with Crippen molar-refractivity contribution in [3.8, 4) is 34.0 Å². The summed E-state index contributed by atoms with van der Waals surface area (Å²) in [7, 11) is 5.35. The molecule has 5 aromatic rings. The van der Waals surface area contributed by atoms with Crippen molar-refractivity contribution in [2.75, 3.05) is 27.8 Å². The van der Waals surface area contributed by atoms with E-state index in [9.17, 15) is 14.7 Å². The number of hydrogen-bond acceptors (Lipinski definition) is 8. The second-order valence-electron chi connectivity index (χ2n) is 14.5. The number of benzene rings is 3. The molecule has 1 saturated carbocycles. The van der Waals surface area contributed by atoms with Crippen molar-refractivity contribution in [3.63, 3.8) is 0 Å². The van der Waals surface area contributed by atoms with Gasteiger partial charge in [0.2, 0.25) is 11.8 Å². The molecule has 1 aliphatic heterocycles. The van der Waals surface area contributed by atoms with Gasteiger partial charge in [0.1, 0.15) is 5.75 Å². The lowest BCUT2D eigenvalue weighted by Crippen LogP contribution is -2.36. The number of amides is 1. The molecule has 0 bridgehead atoms. The normalized spacial score (nSPS) is 18.5. The Morgan fingerprint density at radius 1 is 0.964 bits per heavy atom. The number of carboxylic acid groups (broad SMARTS) is 1. The minimum absolute atomic E-state index is 0.100. The number of nitrogens with one attached hydrogen (secondary N) is 2. The maximum absolute atomic E-state index is 11.5. The largest absolute Gasteiger partial charge is 0.496 e. The van der Waals surface area contributed by atoms with E-state index in [0.29, 0.717) is 73.1 Å². The van der Waals surface area contributed by atoms with Gasteiger partial charge >= 0.3 is 5.97 Å². The average Bonchev–Trinajstić information content (AvgIpc) is 3.81. The predicted octanol–water partition coefficient (Wildman–Crippen LogP) is 7.58. The van der Waals surface area contributed by atoms with Crippen LogP contribution in [0.25, 0.3) is 33.3 Å². The number of ether oxygens (including phenoxy) is 2. The minimum Gasteiger partial charge on any atom is -0.496 e. The van der Waals surface area contributed by atoms with Crippen molar-refractivity contribution >= 4 is 46.0 Å². The van der Waals surface area contributed by atoms with E-state index in [2.05, 4.69) is 22.6 Å². The van der Waals surface area contributed by atoms with E-state index in [1.54, 1.807) is 14.2 Å². The first-order chi connectivity index (χ1) is 26.6. The lowest BCUT2D eigenvalue weighted by Gasteiger charge is -2.33. The van der Waals surface area contributed by atoms with Crippen molar-refractivity contribution < 1.29 is 24.2 Å². The van der Waals surface area contributed by atoms with Crippen LogP contribution in [-0.4, -0.2) is 76.5 Å². The Labute approximate surface area is 330 Å². The zero-order chi connectivity index (χ0) is 38.6. The summed E-state index contributed by atoms with van der Waals surface area (Å²) in [6, 6.07) is 20.4. The van der Waals surface area contributed by atoms with Crippen molar-refractivity contribution in [1.29, 1.82) is 0 Å². The van der Waals surface area contributed by atoms with Crippen LogP contribution in [0.5, 0.6) is 11.6 Å². The third-order valence-electron chi connectivity index (χ3n) is 11.0. The molecular formula is C42H46Cl2N6O5. The van der Waals surface area contributed by atoms with Gasteiger partial charge in [0.05, 0.1) is 49.1 Å². The van der Waals surface area contributed by atoms with Gasteiger partial charge < -0.3 is 25.2 Å². The lowest BCUT2D eigenvalue weighted by molar-refractivity contribution is -0.143. The third-order valence-corrected chi connectivity index (χ3v) is 11.8. The number of halogens is 2. The Bertz CT molecular complexity index is 2200. The highest BCUT2D eigenvalue weighted by molar-refractivity contribution is 6.36. The molecule has 55 heavy (non-hydrogen) atoms. The molecule has 3 heterocycles. The quantitative estimate of drug-likeness (QED) is 0.104. The fourth-order valence-electron chi connectivity index (χ4n) is 7.94. The number of carboxylic acids is 1. The van der Waals surface area contributed by atoms with Crippen molar-refractivity contribution in [3.05, 3.63) is 93.6 Å². The molecule has 3 N–H and O–H groups in total.